The van der Waals surface area contributed by atoms with Gasteiger partial charge in [0, 0.05) is 13.8 Å². The summed E-state index contributed by atoms with van der Waals surface area (Å²) in [5.41, 5.74) is 0. The number of carbonyl (C=O) groups is 2. The Kier molecular flexibility index (Phi) is 15.0. The van der Waals surface area contributed by atoms with Crippen LogP contribution in [0.15, 0.2) is 0 Å². The van der Waals surface area contributed by atoms with Crippen molar-refractivity contribution >= 4 is 11.9 Å². The summed E-state index contributed by atoms with van der Waals surface area (Å²) < 4.78 is 9.42. The third-order valence-electron chi connectivity index (χ3n) is 2.05. The Bertz CT molecular complexity index is 212. The molecule has 0 aliphatic carbocycles. The van der Waals surface area contributed by atoms with Gasteiger partial charge >= 0.3 is 11.9 Å². The van der Waals surface area contributed by atoms with Crippen molar-refractivity contribution in [3.63, 3.8) is 0 Å². The van der Waals surface area contributed by atoms with E-state index in [1.807, 2.05) is 0 Å². The van der Waals surface area contributed by atoms with Crippen LogP contribution >= 0.6 is 0 Å². The molecule has 0 atom stereocenters. The fourth-order valence-electron chi connectivity index (χ4n) is 1.01. The van der Waals surface area contributed by atoms with Crippen LogP contribution in [0.3, 0.4) is 0 Å². The highest BCUT2D eigenvalue weighted by Gasteiger charge is 1.95. The molecule has 0 aromatic rings. The summed E-state index contributed by atoms with van der Waals surface area (Å²) in [6, 6.07) is 0. The molecule has 0 aliphatic heterocycles. The lowest BCUT2D eigenvalue weighted by Crippen LogP contribution is -2.02. The fraction of sp³-hybridized carbons (Fsp3) is 0.857. The molecule has 0 aromatic carbocycles. The Morgan fingerprint density at radius 3 is 1.83 bits per heavy atom. The van der Waals surface area contributed by atoms with E-state index in [0.29, 0.717) is 19.1 Å². The second-order valence-corrected chi connectivity index (χ2v) is 4.57. The van der Waals surface area contributed by atoms with E-state index in [9.17, 15) is 9.59 Å². The fourth-order valence-corrected chi connectivity index (χ4v) is 1.01. The van der Waals surface area contributed by atoms with Crippen LogP contribution in [0.1, 0.15) is 60.3 Å². The first-order valence-electron chi connectivity index (χ1n) is 6.66. The van der Waals surface area contributed by atoms with E-state index in [4.69, 9.17) is 9.47 Å². The normalized spacial score (nSPS) is 9.44. The lowest BCUT2D eigenvalue weighted by Gasteiger charge is -2.02. The summed E-state index contributed by atoms with van der Waals surface area (Å²) in [6.45, 7) is 10.3. The molecule has 0 bridgehead atoms. The van der Waals surface area contributed by atoms with Crippen molar-refractivity contribution in [2.75, 3.05) is 13.2 Å². The van der Waals surface area contributed by atoms with E-state index in [1.165, 1.54) is 20.3 Å². The molecular formula is C14H28O4. The van der Waals surface area contributed by atoms with Crippen molar-refractivity contribution < 1.29 is 19.1 Å². The van der Waals surface area contributed by atoms with Gasteiger partial charge < -0.3 is 9.47 Å². The molecule has 0 N–H and O–H groups in total. The van der Waals surface area contributed by atoms with E-state index in [-0.39, 0.29) is 11.9 Å². The molecule has 0 amide bonds. The molecule has 0 saturated carbocycles. The van der Waals surface area contributed by atoms with E-state index in [1.54, 1.807) is 0 Å². The first-order valence-corrected chi connectivity index (χ1v) is 6.66. The molecule has 0 fully saturated rings. The highest BCUT2D eigenvalue weighted by Crippen LogP contribution is 1.98. The molecule has 0 aromatic heterocycles. The number of hydrogen-bond acceptors (Lipinski definition) is 4. The van der Waals surface area contributed by atoms with Crippen LogP contribution < -0.4 is 0 Å². The molecule has 0 rings (SSSR count). The third-order valence-corrected chi connectivity index (χ3v) is 2.05. The smallest absolute Gasteiger partial charge is 0.302 e. The highest BCUT2D eigenvalue weighted by atomic mass is 16.5. The average molecular weight is 260 g/mol. The molecule has 0 saturated heterocycles. The molecule has 108 valence electrons. The Labute approximate surface area is 111 Å². The lowest BCUT2D eigenvalue weighted by molar-refractivity contribution is -0.142. The Morgan fingerprint density at radius 2 is 1.44 bits per heavy atom. The number of esters is 2. The van der Waals surface area contributed by atoms with Gasteiger partial charge in [-0.25, -0.2) is 0 Å². The van der Waals surface area contributed by atoms with Gasteiger partial charge in [0.2, 0.25) is 0 Å². The number of carbonyl (C=O) groups excluding carboxylic acids is 2. The van der Waals surface area contributed by atoms with E-state index < -0.39 is 0 Å². The minimum Gasteiger partial charge on any atom is -0.466 e. The van der Waals surface area contributed by atoms with E-state index >= 15 is 0 Å². The second kappa shape index (κ2) is 14.0. The van der Waals surface area contributed by atoms with Crippen LogP contribution in [-0.4, -0.2) is 25.2 Å². The van der Waals surface area contributed by atoms with Gasteiger partial charge in [0.05, 0.1) is 13.2 Å². The first kappa shape index (κ1) is 19.3. The zero-order valence-corrected chi connectivity index (χ0v) is 12.5. The zero-order chi connectivity index (χ0) is 14.4. The molecule has 0 spiro atoms. The Morgan fingerprint density at radius 1 is 0.944 bits per heavy atom. The van der Waals surface area contributed by atoms with Crippen LogP contribution in [-0.2, 0) is 19.1 Å². The topological polar surface area (TPSA) is 52.6 Å². The summed E-state index contributed by atoms with van der Waals surface area (Å²) in [7, 11) is 0. The zero-order valence-electron chi connectivity index (χ0n) is 12.5. The quantitative estimate of drug-likeness (QED) is 0.520. The van der Waals surface area contributed by atoms with Gasteiger partial charge in [-0.15, -0.1) is 0 Å². The van der Waals surface area contributed by atoms with Gasteiger partial charge in [0.1, 0.15) is 0 Å². The van der Waals surface area contributed by atoms with Gasteiger partial charge in [-0.2, -0.15) is 0 Å². The standard InChI is InChI=1S/2C7H14O2/c1-6(2)4-5-9-7(3)8;1-3-4-5-6-9-7(2)8/h6H,4-5H2,1-3H3;3-6H2,1-2H3. The van der Waals surface area contributed by atoms with Crippen molar-refractivity contribution in [3.05, 3.63) is 0 Å². The van der Waals surface area contributed by atoms with Crippen molar-refractivity contribution in [2.45, 2.75) is 60.3 Å². The van der Waals surface area contributed by atoms with Crippen LogP contribution in [0.25, 0.3) is 0 Å². The molecule has 4 nitrogen and oxygen atoms in total. The van der Waals surface area contributed by atoms with Gasteiger partial charge in [0.15, 0.2) is 0 Å². The maximum atomic E-state index is 10.2. The summed E-state index contributed by atoms with van der Waals surface area (Å²) in [4.78, 5) is 20.4. The van der Waals surface area contributed by atoms with Gasteiger partial charge in [-0.3, -0.25) is 9.59 Å². The highest BCUT2D eigenvalue weighted by molar-refractivity contribution is 5.66. The maximum absolute atomic E-state index is 10.2. The molecule has 4 heteroatoms. The molecule has 0 aliphatic rings. The second-order valence-electron chi connectivity index (χ2n) is 4.57. The van der Waals surface area contributed by atoms with Crippen LogP contribution in [0.2, 0.25) is 0 Å². The van der Waals surface area contributed by atoms with Crippen molar-refractivity contribution in [3.8, 4) is 0 Å². The maximum Gasteiger partial charge on any atom is 0.302 e. The van der Waals surface area contributed by atoms with Gasteiger partial charge in [-0.05, 0) is 18.8 Å². The first-order chi connectivity index (χ1) is 8.40. The van der Waals surface area contributed by atoms with Gasteiger partial charge in [-0.1, -0.05) is 33.6 Å². The number of hydrogen-bond donors (Lipinski definition) is 0. The summed E-state index contributed by atoms with van der Waals surface area (Å²) in [6.07, 6.45) is 4.27. The lowest BCUT2D eigenvalue weighted by atomic mass is 10.1. The van der Waals surface area contributed by atoms with Crippen molar-refractivity contribution in [2.24, 2.45) is 5.92 Å². The Balaban J connectivity index is 0. The van der Waals surface area contributed by atoms with Crippen molar-refractivity contribution in [1.82, 2.24) is 0 Å². The monoisotopic (exact) mass is 260 g/mol. The Hall–Kier alpha value is -1.06. The summed E-state index contributed by atoms with van der Waals surface area (Å²) in [5.74, 6) is 0.256. The number of unbranched alkanes of at least 4 members (excludes halogenated alkanes) is 2. The van der Waals surface area contributed by atoms with Crippen molar-refractivity contribution in [1.29, 1.82) is 0 Å². The predicted molar refractivity (Wildman–Crippen MR) is 72.2 cm³/mol. The average Bonchev–Trinajstić information content (AvgIpc) is 2.24. The van der Waals surface area contributed by atoms with E-state index in [2.05, 4.69) is 20.8 Å². The van der Waals surface area contributed by atoms with Crippen LogP contribution in [0.5, 0.6) is 0 Å². The van der Waals surface area contributed by atoms with Gasteiger partial charge in [0.25, 0.3) is 0 Å². The molecule has 0 heterocycles. The minimum absolute atomic E-state index is 0.175. The number of rotatable bonds is 7. The number of ether oxygens (including phenoxy) is 2. The largest absolute Gasteiger partial charge is 0.466 e. The van der Waals surface area contributed by atoms with Crippen LogP contribution in [0, 0.1) is 5.92 Å². The van der Waals surface area contributed by atoms with Crippen LogP contribution in [0.4, 0.5) is 0 Å². The molecule has 0 radical (unpaired) electrons. The summed E-state index contributed by atoms with van der Waals surface area (Å²) >= 11 is 0. The molecular weight excluding hydrogens is 232 g/mol. The molecule has 18 heavy (non-hydrogen) atoms. The third kappa shape index (κ3) is 24.3. The SMILES string of the molecule is CC(=O)OCCC(C)C.CCCCCOC(C)=O. The van der Waals surface area contributed by atoms with E-state index in [0.717, 1.165) is 19.3 Å². The minimum atomic E-state index is -0.185. The molecule has 0 unspecified atom stereocenters. The predicted octanol–water partition coefficient (Wildman–Crippen LogP) is 3.34. The summed E-state index contributed by atoms with van der Waals surface area (Å²) in [5, 5.41) is 0.